The number of fused-ring (bicyclic) bond motifs is 1. The standard InChI is InChI=1S/C15H10ClNO2S/c1-9(18)17-8-12(15(19)14-3-2-6-20-14)11-7-10(16)4-5-13(11)17/h2-8H,1H3. The molecule has 0 fully saturated rings. The summed E-state index contributed by atoms with van der Waals surface area (Å²) < 4.78 is 1.48. The quantitative estimate of drug-likeness (QED) is 0.664. The first kappa shape index (κ1) is 13.1. The lowest BCUT2D eigenvalue weighted by atomic mass is 10.1. The van der Waals surface area contributed by atoms with Crippen LogP contribution in [0.15, 0.2) is 41.9 Å². The number of carbonyl (C=O) groups is 2. The number of thiophene rings is 1. The zero-order valence-corrected chi connectivity index (χ0v) is 12.2. The van der Waals surface area contributed by atoms with Gasteiger partial charge in [0.15, 0.2) is 0 Å². The third-order valence-electron chi connectivity index (χ3n) is 3.10. The van der Waals surface area contributed by atoms with Gasteiger partial charge in [0.1, 0.15) is 0 Å². The number of carbonyl (C=O) groups excluding carboxylic acids is 2. The van der Waals surface area contributed by atoms with Gasteiger partial charge in [-0.1, -0.05) is 17.7 Å². The van der Waals surface area contributed by atoms with E-state index in [9.17, 15) is 9.59 Å². The molecule has 3 aromatic rings. The van der Waals surface area contributed by atoms with Crippen LogP contribution in [0.2, 0.25) is 5.02 Å². The number of hydrogen-bond donors (Lipinski definition) is 0. The molecule has 0 saturated heterocycles. The van der Waals surface area contributed by atoms with Crippen LogP contribution >= 0.6 is 22.9 Å². The lowest BCUT2D eigenvalue weighted by molar-refractivity contribution is 0.0941. The van der Waals surface area contributed by atoms with E-state index < -0.39 is 0 Å². The van der Waals surface area contributed by atoms with Gasteiger partial charge in [-0.25, -0.2) is 0 Å². The Kier molecular flexibility index (Phi) is 3.20. The average Bonchev–Trinajstić information content (AvgIpc) is 3.05. The maximum Gasteiger partial charge on any atom is 0.227 e. The van der Waals surface area contributed by atoms with Crippen molar-refractivity contribution < 1.29 is 9.59 Å². The molecule has 3 rings (SSSR count). The summed E-state index contributed by atoms with van der Waals surface area (Å²) in [4.78, 5) is 24.8. The van der Waals surface area contributed by atoms with Crippen LogP contribution < -0.4 is 0 Å². The highest BCUT2D eigenvalue weighted by molar-refractivity contribution is 7.12. The molecule has 20 heavy (non-hydrogen) atoms. The molecule has 0 aliphatic heterocycles. The molecular weight excluding hydrogens is 294 g/mol. The van der Waals surface area contributed by atoms with E-state index in [4.69, 9.17) is 11.6 Å². The number of aromatic nitrogens is 1. The lowest BCUT2D eigenvalue weighted by Gasteiger charge is -1.98. The van der Waals surface area contributed by atoms with Gasteiger partial charge in [-0.15, -0.1) is 11.3 Å². The molecule has 0 bridgehead atoms. The molecule has 0 unspecified atom stereocenters. The normalized spacial score (nSPS) is 10.9. The SMILES string of the molecule is CC(=O)n1cc(C(=O)c2cccs2)c2cc(Cl)ccc21. The minimum Gasteiger partial charge on any atom is -0.288 e. The maximum absolute atomic E-state index is 12.5. The number of halogens is 1. The summed E-state index contributed by atoms with van der Waals surface area (Å²) in [5, 5.41) is 3.09. The van der Waals surface area contributed by atoms with Gasteiger partial charge in [-0.3, -0.25) is 14.2 Å². The Bertz CT molecular complexity index is 818. The van der Waals surface area contributed by atoms with E-state index in [1.54, 1.807) is 30.5 Å². The second kappa shape index (κ2) is 4.89. The third-order valence-corrected chi connectivity index (χ3v) is 4.20. The number of hydrogen-bond acceptors (Lipinski definition) is 3. The summed E-state index contributed by atoms with van der Waals surface area (Å²) in [6.07, 6.45) is 1.59. The van der Waals surface area contributed by atoms with Gasteiger partial charge >= 0.3 is 0 Å². The molecule has 0 aliphatic rings. The molecule has 3 nitrogen and oxygen atoms in total. The first-order valence-electron chi connectivity index (χ1n) is 5.97. The summed E-state index contributed by atoms with van der Waals surface area (Å²) in [5.74, 6) is -0.227. The predicted molar refractivity (Wildman–Crippen MR) is 81.0 cm³/mol. The van der Waals surface area contributed by atoms with Crippen molar-refractivity contribution in [3.05, 3.63) is 57.4 Å². The molecular formula is C15H10ClNO2S. The van der Waals surface area contributed by atoms with Gasteiger partial charge in [0, 0.05) is 29.1 Å². The van der Waals surface area contributed by atoms with E-state index in [-0.39, 0.29) is 11.7 Å². The van der Waals surface area contributed by atoms with Crippen LogP contribution in [0.4, 0.5) is 0 Å². The lowest BCUT2D eigenvalue weighted by Crippen LogP contribution is -2.03. The summed E-state index contributed by atoms with van der Waals surface area (Å²) in [6, 6.07) is 8.79. The predicted octanol–water partition coefficient (Wildman–Crippen LogP) is 4.25. The van der Waals surface area contributed by atoms with Gasteiger partial charge in [0.05, 0.1) is 10.4 Å². The van der Waals surface area contributed by atoms with Gasteiger partial charge in [-0.2, -0.15) is 0 Å². The van der Waals surface area contributed by atoms with Crippen molar-refractivity contribution in [3.8, 4) is 0 Å². The topological polar surface area (TPSA) is 39.1 Å². The Morgan fingerprint density at radius 2 is 2.05 bits per heavy atom. The zero-order valence-electron chi connectivity index (χ0n) is 10.6. The van der Waals surface area contributed by atoms with Gasteiger partial charge in [-0.05, 0) is 29.6 Å². The summed E-state index contributed by atoms with van der Waals surface area (Å²) in [5.41, 5.74) is 1.20. The Labute approximate surface area is 124 Å². The second-order valence-electron chi connectivity index (χ2n) is 4.40. The molecule has 2 aromatic heterocycles. The van der Waals surface area contributed by atoms with Gasteiger partial charge in [0.25, 0.3) is 0 Å². The van der Waals surface area contributed by atoms with Crippen molar-refractivity contribution in [2.75, 3.05) is 0 Å². The number of benzene rings is 1. The molecule has 0 atom stereocenters. The summed E-state index contributed by atoms with van der Waals surface area (Å²) >= 11 is 7.39. The van der Waals surface area contributed by atoms with Crippen molar-refractivity contribution in [2.24, 2.45) is 0 Å². The van der Waals surface area contributed by atoms with E-state index >= 15 is 0 Å². The highest BCUT2D eigenvalue weighted by Crippen LogP contribution is 2.27. The average molecular weight is 304 g/mol. The van der Waals surface area contributed by atoms with E-state index in [1.807, 2.05) is 11.4 Å². The Hall–Kier alpha value is -1.91. The van der Waals surface area contributed by atoms with Crippen LogP contribution in [0.1, 0.15) is 27.0 Å². The monoisotopic (exact) mass is 303 g/mol. The van der Waals surface area contributed by atoms with Crippen molar-refractivity contribution in [1.29, 1.82) is 0 Å². The van der Waals surface area contributed by atoms with Crippen molar-refractivity contribution >= 4 is 45.5 Å². The Morgan fingerprint density at radius 1 is 1.25 bits per heavy atom. The van der Waals surface area contributed by atoms with Gasteiger partial charge in [0.2, 0.25) is 11.7 Å². The molecule has 0 N–H and O–H groups in total. The van der Waals surface area contributed by atoms with E-state index in [0.29, 0.717) is 26.4 Å². The Morgan fingerprint density at radius 3 is 2.70 bits per heavy atom. The van der Waals surface area contributed by atoms with E-state index in [1.165, 1.54) is 22.8 Å². The van der Waals surface area contributed by atoms with Crippen LogP contribution in [0, 0.1) is 0 Å². The molecule has 100 valence electrons. The molecule has 0 amide bonds. The molecule has 0 aliphatic carbocycles. The van der Waals surface area contributed by atoms with Gasteiger partial charge < -0.3 is 0 Å². The van der Waals surface area contributed by atoms with Crippen LogP contribution in [-0.2, 0) is 0 Å². The number of rotatable bonds is 2. The zero-order chi connectivity index (χ0) is 14.3. The highest BCUT2D eigenvalue weighted by Gasteiger charge is 2.19. The second-order valence-corrected chi connectivity index (χ2v) is 5.78. The molecule has 1 aromatic carbocycles. The molecule has 0 spiro atoms. The minimum absolute atomic E-state index is 0.0905. The number of nitrogens with zero attached hydrogens (tertiary/aromatic N) is 1. The fraction of sp³-hybridized carbons (Fsp3) is 0.0667. The summed E-state index contributed by atoms with van der Waals surface area (Å²) in [7, 11) is 0. The van der Waals surface area contributed by atoms with Crippen molar-refractivity contribution in [3.63, 3.8) is 0 Å². The van der Waals surface area contributed by atoms with Crippen LogP contribution in [0.3, 0.4) is 0 Å². The molecule has 0 radical (unpaired) electrons. The highest BCUT2D eigenvalue weighted by atomic mass is 35.5. The molecule has 5 heteroatoms. The van der Waals surface area contributed by atoms with Crippen molar-refractivity contribution in [1.82, 2.24) is 4.57 Å². The largest absolute Gasteiger partial charge is 0.288 e. The van der Waals surface area contributed by atoms with Crippen LogP contribution in [-0.4, -0.2) is 16.3 Å². The fourth-order valence-electron chi connectivity index (χ4n) is 2.18. The summed E-state index contributed by atoms with van der Waals surface area (Å²) in [6.45, 7) is 1.47. The first-order valence-corrected chi connectivity index (χ1v) is 7.23. The first-order chi connectivity index (χ1) is 9.58. The number of ketones is 1. The third kappa shape index (κ3) is 2.07. The Balaban J connectivity index is 2.27. The molecule has 0 saturated carbocycles. The van der Waals surface area contributed by atoms with E-state index in [2.05, 4.69) is 0 Å². The molecule has 2 heterocycles. The minimum atomic E-state index is -0.137. The smallest absolute Gasteiger partial charge is 0.227 e. The van der Waals surface area contributed by atoms with Crippen molar-refractivity contribution in [2.45, 2.75) is 6.92 Å². The fourth-order valence-corrected chi connectivity index (χ4v) is 3.03. The maximum atomic E-state index is 12.5. The van der Waals surface area contributed by atoms with E-state index in [0.717, 1.165) is 0 Å². The van der Waals surface area contributed by atoms with Crippen LogP contribution in [0.5, 0.6) is 0 Å². The van der Waals surface area contributed by atoms with Crippen LogP contribution in [0.25, 0.3) is 10.9 Å².